The zero-order valence-corrected chi connectivity index (χ0v) is 9.75. The molecule has 6 heteroatoms. The maximum Gasteiger partial charge on any atom is 0.408 e. The minimum absolute atomic E-state index is 0.132. The molecule has 18 heavy (non-hydrogen) atoms. The third kappa shape index (κ3) is 2.53. The van der Waals surface area contributed by atoms with E-state index in [1.807, 2.05) is 0 Å². The van der Waals surface area contributed by atoms with Crippen LogP contribution >= 0.6 is 0 Å². The number of carbonyl (C=O) groups excluding carboxylic acids is 2. The Morgan fingerprint density at radius 2 is 2.33 bits per heavy atom. The summed E-state index contributed by atoms with van der Waals surface area (Å²) in [6.45, 7) is 0. The molecule has 0 aromatic heterocycles. The summed E-state index contributed by atoms with van der Waals surface area (Å²) in [5, 5.41) is 11.9. The molecule has 1 aliphatic rings. The molecule has 0 spiro atoms. The summed E-state index contributed by atoms with van der Waals surface area (Å²) in [4.78, 5) is 22.6. The number of ether oxygens (including phenoxy) is 2. The first-order chi connectivity index (χ1) is 8.60. The molecule has 1 saturated heterocycles. The lowest BCUT2D eigenvalue weighted by molar-refractivity contribution is -0.149. The van der Waals surface area contributed by atoms with Crippen LogP contribution in [0.5, 0.6) is 5.75 Å². The van der Waals surface area contributed by atoms with E-state index >= 15 is 0 Å². The van der Waals surface area contributed by atoms with Crippen LogP contribution in [0.4, 0.5) is 4.79 Å². The molecular weight excluding hydrogens is 238 g/mol. The number of rotatable bonds is 3. The van der Waals surface area contributed by atoms with Gasteiger partial charge in [0.2, 0.25) is 6.10 Å². The Hall–Kier alpha value is -2.24. The summed E-state index contributed by atoms with van der Waals surface area (Å²) >= 11 is 0. The summed E-state index contributed by atoms with van der Waals surface area (Å²) in [7, 11) is 1.24. The Morgan fingerprint density at radius 3 is 3.00 bits per heavy atom. The molecular formula is C12H13NO5. The highest BCUT2D eigenvalue weighted by molar-refractivity contribution is 5.83. The van der Waals surface area contributed by atoms with E-state index in [4.69, 9.17) is 4.74 Å². The number of alkyl carbamates (subject to hydrolysis) is 1. The van der Waals surface area contributed by atoms with Gasteiger partial charge in [0.05, 0.1) is 13.2 Å². The number of hydrogen-bond acceptors (Lipinski definition) is 5. The summed E-state index contributed by atoms with van der Waals surface area (Å²) in [6.07, 6.45) is -1.22. The van der Waals surface area contributed by atoms with Gasteiger partial charge in [-0.25, -0.2) is 9.59 Å². The normalized spacial score (nSPS) is 22.2. The monoisotopic (exact) mass is 251 g/mol. The van der Waals surface area contributed by atoms with Crippen molar-refractivity contribution in [1.82, 2.24) is 5.32 Å². The van der Waals surface area contributed by atoms with Crippen LogP contribution in [0.1, 0.15) is 5.56 Å². The molecule has 1 aromatic rings. The van der Waals surface area contributed by atoms with E-state index in [9.17, 15) is 14.7 Å². The number of esters is 1. The lowest BCUT2D eigenvalue weighted by Crippen LogP contribution is -2.38. The SMILES string of the molecule is COC(=O)C1OC(=O)NC1Cc1cccc(O)c1. The Morgan fingerprint density at radius 1 is 1.56 bits per heavy atom. The Kier molecular flexibility index (Phi) is 3.36. The molecule has 96 valence electrons. The number of methoxy groups -OCH3 is 1. The summed E-state index contributed by atoms with van der Waals surface area (Å²) in [5.74, 6) is -0.467. The van der Waals surface area contributed by atoms with Crippen molar-refractivity contribution in [3.63, 3.8) is 0 Å². The minimum Gasteiger partial charge on any atom is -0.508 e. The number of aromatic hydroxyl groups is 1. The molecule has 2 rings (SSSR count). The van der Waals surface area contributed by atoms with Crippen LogP contribution in [0.2, 0.25) is 0 Å². The van der Waals surface area contributed by atoms with Crippen LogP contribution in [-0.2, 0) is 20.7 Å². The van der Waals surface area contributed by atoms with Gasteiger partial charge in [0.25, 0.3) is 0 Å². The van der Waals surface area contributed by atoms with Crippen molar-refractivity contribution in [2.24, 2.45) is 0 Å². The lowest BCUT2D eigenvalue weighted by atomic mass is 10.0. The number of phenolic OH excluding ortho intramolecular Hbond substituents is 1. The summed E-state index contributed by atoms with van der Waals surface area (Å²) in [6, 6.07) is 6.10. The molecule has 1 aliphatic heterocycles. The van der Waals surface area contributed by atoms with E-state index in [2.05, 4.69) is 10.1 Å². The molecule has 2 N–H and O–H groups in total. The summed E-state index contributed by atoms with van der Waals surface area (Å²) < 4.78 is 9.41. The first kappa shape index (κ1) is 12.2. The molecule has 1 aromatic carbocycles. The van der Waals surface area contributed by atoms with Gasteiger partial charge < -0.3 is 19.9 Å². The maximum absolute atomic E-state index is 11.4. The fourth-order valence-corrected chi connectivity index (χ4v) is 1.88. The number of cyclic esters (lactones) is 1. The quantitative estimate of drug-likeness (QED) is 0.768. The highest BCUT2D eigenvalue weighted by Gasteiger charge is 2.40. The molecule has 1 amide bonds. The van der Waals surface area contributed by atoms with Gasteiger partial charge in [-0.1, -0.05) is 12.1 Å². The van der Waals surface area contributed by atoms with Crippen molar-refractivity contribution in [2.75, 3.05) is 7.11 Å². The van der Waals surface area contributed by atoms with Gasteiger partial charge in [-0.15, -0.1) is 0 Å². The fourth-order valence-electron chi connectivity index (χ4n) is 1.88. The molecule has 0 saturated carbocycles. The number of carbonyl (C=O) groups is 2. The topological polar surface area (TPSA) is 84.9 Å². The Balaban J connectivity index is 2.12. The highest BCUT2D eigenvalue weighted by atomic mass is 16.6. The van der Waals surface area contributed by atoms with Gasteiger partial charge in [0.1, 0.15) is 5.75 Å². The predicted octanol–water partition coefficient (Wildman–Crippen LogP) is 0.585. The minimum atomic E-state index is -0.954. The standard InChI is InChI=1S/C12H13NO5/c1-17-11(15)10-9(13-12(16)18-10)6-7-3-2-4-8(14)5-7/h2-5,9-10,14H,6H2,1H3,(H,13,16). The highest BCUT2D eigenvalue weighted by Crippen LogP contribution is 2.18. The number of nitrogens with one attached hydrogen (secondary N) is 1. The molecule has 2 unspecified atom stereocenters. The first-order valence-electron chi connectivity index (χ1n) is 5.43. The van der Waals surface area contributed by atoms with Gasteiger partial charge >= 0.3 is 12.1 Å². The van der Waals surface area contributed by atoms with E-state index in [1.54, 1.807) is 24.3 Å². The lowest BCUT2D eigenvalue weighted by Gasteiger charge is -2.14. The van der Waals surface area contributed by atoms with Crippen molar-refractivity contribution in [3.8, 4) is 5.75 Å². The van der Waals surface area contributed by atoms with E-state index in [-0.39, 0.29) is 5.75 Å². The third-order valence-corrected chi connectivity index (χ3v) is 2.70. The molecule has 0 aliphatic carbocycles. The van der Waals surface area contributed by atoms with Crippen LogP contribution in [0.25, 0.3) is 0 Å². The van der Waals surface area contributed by atoms with E-state index < -0.39 is 24.2 Å². The Labute approximate surface area is 104 Å². The van der Waals surface area contributed by atoms with Gasteiger partial charge in [-0.05, 0) is 24.1 Å². The van der Waals surface area contributed by atoms with E-state index in [0.29, 0.717) is 6.42 Å². The summed E-state index contributed by atoms with van der Waals surface area (Å²) in [5.41, 5.74) is 0.791. The second-order valence-corrected chi connectivity index (χ2v) is 3.97. The molecule has 6 nitrogen and oxygen atoms in total. The fraction of sp³-hybridized carbons (Fsp3) is 0.333. The van der Waals surface area contributed by atoms with Crippen molar-refractivity contribution in [2.45, 2.75) is 18.6 Å². The molecule has 0 bridgehead atoms. The van der Waals surface area contributed by atoms with Crippen LogP contribution in [-0.4, -0.2) is 36.4 Å². The smallest absolute Gasteiger partial charge is 0.408 e. The van der Waals surface area contributed by atoms with Gasteiger partial charge in [-0.3, -0.25) is 0 Å². The molecule has 1 fully saturated rings. The first-order valence-corrected chi connectivity index (χ1v) is 5.43. The third-order valence-electron chi connectivity index (χ3n) is 2.70. The maximum atomic E-state index is 11.4. The number of hydrogen-bond donors (Lipinski definition) is 2. The van der Waals surface area contributed by atoms with Crippen molar-refractivity contribution in [3.05, 3.63) is 29.8 Å². The molecule has 2 atom stereocenters. The van der Waals surface area contributed by atoms with Crippen molar-refractivity contribution >= 4 is 12.1 Å². The second-order valence-electron chi connectivity index (χ2n) is 3.97. The van der Waals surface area contributed by atoms with Crippen molar-refractivity contribution < 1.29 is 24.2 Å². The van der Waals surface area contributed by atoms with Crippen LogP contribution in [0, 0.1) is 0 Å². The Bertz CT molecular complexity index is 473. The van der Waals surface area contributed by atoms with Crippen molar-refractivity contribution in [1.29, 1.82) is 0 Å². The molecule has 1 heterocycles. The predicted molar refractivity (Wildman–Crippen MR) is 61.0 cm³/mol. The van der Waals surface area contributed by atoms with E-state index in [1.165, 1.54) is 7.11 Å². The van der Waals surface area contributed by atoms with E-state index in [0.717, 1.165) is 5.56 Å². The largest absolute Gasteiger partial charge is 0.508 e. The van der Waals surface area contributed by atoms with Gasteiger partial charge in [0, 0.05) is 0 Å². The average molecular weight is 251 g/mol. The molecule has 0 radical (unpaired) electrons. The van der Waals surface area contributed by atoms with Gasteiger partial charge in [-0.2, -0.15) is 0 Å². The number of amides is 1. The van der Waals surface area contributed by atoms with Crippen LogP contribution in [0.3, 0.4) is 0 Å². The zero-order chi connectivity index (χ0) is 13.1. The average Bonchev–Trinajstić information content (AvgIpc) is 2.69. The second kappa shape index (κ2) is 4.95. The van der Waals surface area contributed by atoms with Crippen LogP contribution in [0.15, 0.2) is 24.3 Å². The van der Waals surface area contributed by atoms with Crippen LogP contribution < -0.4 is 5.32 Å². The van der Waals surface area contributed by atoms with Gasteiger partial charge in [0.15, 0.2) is 0 Å². The number of benzene rings is 1. The zero-order valence-electron chi connectivity index (χ0n) is 9.75. The number of phenols is 1.